The molecule has 0 atom stereocenters. The first-order valence-electron chi connectivity index (χ1n) is 6.73. The Morgan fingerprint density at radius 3 is 2.86 bits per heavy atom. The van der Waals surface area contributed by atoms with Crippen LogP contribution in [-0.4, -0.2) is 20.3 Å². The third-order valence-electron chi connectivity index (χ3n) is 3.25. The number of rotatable bonds is 4. The number of methoxy groups -OCH3 is 1. The van der Waals surface area contributed by atoms with Gasteiger partial charge in [0.1, 0.15) is 19.0 Å². The molecule has 0 fully saturated rings. The Labute approximate surface area is 128 Å². The Balaban J connectivity index is 1.78. The molecule has 0 bridgehead atoms. The van der Waals surface area contributed by atoms with Gasteiger partial charge in [0.05, 0.1) is 17.8 Å². The van der Waals surface area contributed by atoms with Gasteiger partial charge in [-0.15, -0.1) is 0 Å². The van der Waals surface area contributed by atoms with Crippen LogP contribution in [0.4, 0.5) is 5.69 Å². The molecular weight excluding hydrogens is 290 g/mol. The van der Waals surface area contributed by atoms with E-state index in [-0.39, 0.29) is 0 Å². The van der Waals surface area contributed by atoms with Gasteiger partial charge in [-0.3, -0.25) is 0 Å². The molecule has 0 saturated carbocycles. The number of para-hydroxylation sites is 2. The Morgan fingerprint density at radius 1 is 1.19 bits per heavy atom. The molecule has 0 aliphatic carbocycles. The van der Waals surface area contributed by atoms with Crippen LogP contribution in [0.25, 0.3) is 0 Å². The molecule has 1 aliphatic rings. The topological polar surface area (TPSA) is 39.7 Å². The van der Waals surface area contributed by atoms with Crippen molar-refractivity contribution in [2.75, 3.05) is 25.6 Å². The van der Waals surface area contributed by atoms with Crippen LogP contribution in [0.1, 0.15) is 5.56 Å². The van der Waals surface area contributed by atoms with Gasteiger partial charge in [-0.1, -0.05) is 23.7 Å². The van der Waals surface area contributed by atoms with Crippen molar-refractivity contribution in [3.05, 3.63) is 47.0 Å². The predicted molar refractivity (Wildman–Crippen MR) is 82.8 cm³/mol. The predicted octanol–water partition coefficient (Wildman–Crippen LogP) is 3.73. The number of halogens is 1. The first-order valence-corrected chi connectivity index (χ1v) is 7.10. The number of hydrogen-bond donors (Lipinski definition) is 1. The lowest BCUT2D eigenvalue weighted by molar-refractivity contribution is 0.171. The summed E-state index contributed by atoms with van der Waals surface area (Å²) in [6.07, 6.45) is 0. The Bertz CT molecular complexity index is 645. The van der Waals surface area contributed by atoms with Gasteiger partial charge in [-0.05, 0) is 29.8 Å². The minimum atomic E-state index is 0.533. The number of anilines is 1. The lowest BCUT2D eigenvalue weighted by Crippen LogP contribution is -2.16. The highest BCUT2D eigenvalue weighted by Gasteiger charge is 2.16. The van der Waals surface area contributed by atoms with Crippen molar-refractivity contribution in [1.82, 2.24) is 0 Å². The largest absolute Gasteiger partial charge is 0.495 e. The van der Waals surface area contributed by atoms with Crippen LogP contribution in [0, 0.1) is 0 Å². The molecule has 2 aromatic rings. The van der Waals surface area contributed by atoms with Crippen LogP contribution >= 0.6 is 11.6 Å². The van der Waals surface area contributed by atoms with Crippen LogP contribution in [0.5, 0.6) is 17.2 Å². The summed E-state index contributed by atoms with van der Waals surface area (Å²) >= 11 is 6.23. The second kappa shape index (κ2) is 6.14. The lowest BCUT2D eigenvalue weighted by Gasteiger charge is -2.20. The molecular formula is C16H16ClNO3. The smallest absolute Gasteiger partial charge is 0.179 e. The van der Waals surface area contributed by atoms with Gasteiger partial charge < -0.3 is 19.5 Å². The molecule has 0 spiro atoms. The molecule has 1 heterocycles. The summed E-state index contributed by atoms with van der Waals surface area (Å²) in [6, 6.07) is 11.6. The van der Waals surface area contributed by atoms with E-state index in [4.69, 9.17) is 25.8 Å². The number of benzene rings is 2. The maximum absolute atomic E-state index is 6.23. The fourth-order valence-electron chi connectivity index (χ4n) is 2.25. The minimum absolute atomic E-state index is 0.533. The summed E-state index contributed by atoms with van der Waals surface area (Å²) in [7, 11) is 1.65. The van der Waals surface area contributed by atoms with Crippen molar-refractivity contribution in [3.8, 4) is 17.2 Å². The number of fused-ring (bicyclic) bond motifs is 1. The zero-order chi connectivity index (χ0) is 14.7. The molecule has 21 heavy (non-hydrogen) atoms. The number of nitrogens with one attached hydrogen (secondary N) is 1. The molecule has 2 aromatic carbocycles. The van der Waals surface area contributed by atoms with Gasteiger partial charge >= 0.3 is 0 Å². The fourth-order valence-corrected chi connectivity index (χ4v) is 2.54. The summed E-state index contributed by atoms with van der Waals surface area (Å²) in [5, 5.41) is 3.91. The molecule has 0 aromatic heterocycles. The van der Waals surface area contributed by atoms with Crippen LogP contribution < -0.4 is 19.5 Å². The van der Waals surface area contributed by atoms with Gasteiger partial charge in [-0.25, -0.2) is 0 Å². The van der Waals surface area contributed by atoms with E-state index in [0.29, 0.717) is 36.3 Å². The van der Waals surface area contributed by atoms with Crippen LogP contribution in [0.3, 0.4) is 0 Å². The molecule has 4 nitrogen and oxygen atoms in total. The quantitative estimate of drug-likeness (QED) is 0.934. The van der Waals surface area contributed by atoms with Crippen molar-refractivity contribution in [1.29, 1.82) is 0 Å². The molecule has 1 aliphatic heterocycles. The highest BCUT2D eigenvalue weighted by molar-refractivity contribution is 6.32. The van der Waals surface area contributed by atoms with Crippen LogP contribution in [-0.2, 0) is 6.54 Å². The van der Waals surface area contributed by atoms with Crippen LogP contribution in [0.2, 0.25) is 5.02 Å². The molecule has 0 radical (unpaired) electrons. The van der Waals surface area contributed by atoms with Crippen molar-refractivity contribution < 1.29 is 14.2 Å². The first kappa shape index (κ1) is 13.9. The lowest BCUT2D eigenvalue weighted by atomic mass is 10.2. The van der Waals surface area contributed by atoms with Gasteiger partial charge in [-0.2, -0.15) is 0 Å². The zero-order valence-electron chi connectivity index (χ0n) is 11.7. The standard InChI is InChI=1S/C16H16ClNO3/c1-19-14-5-3-2-4-13(14)18-10-11-8-12(17)16-15(9-11)20-6-7-21-16/h2-5,8-9,18H,6-7,10H2,1H3. The van der Waals surface area contributed by atoms with E-state index in [1.165, 1.54) is 0 Å². The van der Waals surface area contributed by atoms with E-state index in [0.717, 1.165) is 17.0 Å². The Morgan fingerprint density at radius 2 is 2.00 bits per heavy atom. The molecule has 110 valence electrons. The van der Waals surface area contributed by atoms with Gasteiger partial charge in [0, 0.05) is 6.54 Å². The summed E-state index contributed by atoms with van der Waals surface area (Å²) in [5.41, 5.74) is 1.96. The van der Waals surface area contributed by atoms with E-state index in [1.807, 2.05) is 36.4 Å². The second-order valence-corrected chi connectivity index (χ2v) is 5.06. The van der Waals surface area contributed by atoms with E-state index in [9.17, 15) is 0 Å². The highest BCUT2D eigenvalue weighted by Crippen LogP contribution is 2.38. The molecule has 0 saturated heterocycles. The van der Waals surface area contributed by atoms with Gasteiger partial charge in [0.25, 0.3) is 0 Å². The summed E-state index contributed by atoms with van der Waals surface area (Å²) in [4.78, 5) is 0. The normalized spacial score (nSPS) is 12.9. The van der Waals surface area contributed by atoms with E-state index in [2.05, 4.69) is 5.32 Å². The minimum Gasteiger partial charge on any atom is -0.495 e. The fraction of sp³-hybridized carbons (Fsp3) is 0.250. The Hall–Kier alpha value is -2.07. The third kappa shape index (κ3) is 3.00. The number of ether oxygens (including phenoxy) is 3. The SMILES string of the molecule is COc1ccccc1NCc1cc(Cl)c2c(c1)OCCO2. The van der Waals surface area contributed by atoms with E-state index >= 15 is 0 Å². The second-order valence-electron chi connectivity index (χ2n) is 4.66. The average molecular weight is 306 g/mol. The molecule has 5 heteroatoms. The molecule has 3 rings (SSSR count). The highest BCUT2D eigenvalue weighted by atomic mass is 35.5. The van der Waals surface area contributed by atoms with Crippen molar-refractivity contribution in [3.63, 3.8) is 0 Å². The molecule has 0 amide bonds. The monoisotopic (exact) mass is 305 g/mol. The number of hydrogen-bond acceptors (Lipinski definition) is 4. The van der Waals surface area contributed by atoms with Crippen molar-refractivity contribution >= 4 is 17.3 Å². The summed E-state index contributed by atoms with van der Waals surface area (Å²) < 4.78 is 16.4. The third-order valence-corrected chi connectivity index (χ3v) is 3.53. The maximum atomic E-state index is 6.23. The van der Waals surface area contributed by atoms with Crippen molar-refractivity contribution in [2.24, 2.45) is 0 Å². The molecule has 1 N–H and O–H groups in total. The first-order chi connectivity index (χ1) is 10.3. The maximum Gasteiger partial charge on any atom is 0.179 e. The van der Waals surface area contributed by atoms with E-state index in [1.54, 1.807) is 7.11 Å². The van der Waals surface area contributed by atoms with Gasteiger partial charge in [0.2, 0.25) is 0 Å². The Kier molecular flexibility index (Phi) is 4.06. The van der Waals surface area contributed by atoms with E-state index < -0.39 is 0 Å². The summed E-state index contributed by atoms with van der Waals surface area (Å²) in [5.74, 6) is 2.13. The average Bonchev–Trinajstić information content (AvgIpc) is 2.53. The zero-order valence-corrected chi connectivity index (χ0v) is 12.4. The molecule has 0 unspecified atom stereocenters. The van der Waals surface area contributed by atoms with Crippen LogP contribution in [0.15, 0.2) is 36.4 Å². The van der Waals surface area contributed by atoms with Crippen molar-refractivity contribution in [2.45, 2.75) is 6.54 Å². The summed E-state index contributed by atoms with van der Waals surface area (Å²) in [6.45, 7) is 1.70. The van der Waals surface area contributed by atoms with Gasteiger partial charge in [0.15, 0.2) is 11.5 Å².